The van der Waals surface area contributed by atoms with Crippen LogP contribution in [-0.4, -0.2) is 29.9 Å². The highest BCUT2D eigenvalue weighted by atomic mass is 16.7. The molecule has 6 heteroatoms. The van der Waals surface area contributed by atoms with Crippen molar-refractivity contribution in [2.45, 2.75) is 33.3 Å². The molecule has 0 rings (SSSR count). The van der Waals surface area contributed by atoms with Gasteiger partial charge in [-0.3, -0.25) is 4.84 Å². The molecule has 0 radical (unpaired) electrons. The number of carbonyl (C=O) groups is 2. The van der Waals surface area contributed by atoms with Gasteiger partial charge in [-0.05, 0) is 19.3 Å². The Bertz CT molecular complexity index is 217. The lowest BCUT2D eigenvalue weighted by Crippen LogP contribution is -2.33. The molecule has 0 fully saturated rings. The summed E-state index contributed by atoms with van der Waals surface area (Å²) in [4.78, 5) is 25.7. The average Bonchev–Trinajstić information content (AvgIpc) is 2.13. The molecule has 0 aliphatic carbocycles. The highest BCUT2D eigenvalue weighted by Gasteiger charge is 2.13. The summed E-state index contributed by atoms with van der Waals surface area (Å²) in [6.07, 6.45) is -1.12. The number of nitrogens with one attached hydrogen (secondary N) is 1. The standard InChI is InChI=1S/C9H17NO5/c1-6(2)4-5-14-9(13)10-15-7(3)8(11)12/h6-7H,4-5H2,1-3H3,(H,10,13)(H,11,12)/t7-/m1/s1. The van der Waals surface area contributed by atoms with Crippen LogP contribution in [-0.2, 0) is 14.4 Å². The largest absolute Gasteiger partial charge is 0.479 e. The van der Waals surface area contributed by atoms with E-state index in [9.17, 15) is 9.59 Å². The van der Waals surface area contributed by atoms with E-state index in [1.807, 2.05) is 19.3 Å². The number of rotatable bonds is 6. The second-order valence-corrected chi connectivity index (χ2v) is 3.52. The Morgan fingerprint density at radius 1 is 1.33 bits per heavy atom. The summed E-state index contributed by atoms with van der Waals surface area (Å²) in [7, 11) is 0. The molecule has 15 heavy (non-hydrogen) atoms. The predicted molar refractivity (Wildman–Crippen MR) is 52.1 cm³/mol. The van der Waals surface area contributed by atoms with E-state index >= 15 is 0 Å². The summed E-state index contributed by atoms with van der Waals surface area (Å²) in [5, 5.41) is 8.43. The molecule has 2 N–H and O–H groups in total. The van der Waals surface area contributed by atoms with Gasteiger partial charge in [0.2, 0.25) is 0 Å². The molecule has 0 heterocycles. The third-order valence-electron chi connectivity index (χ3n) is 1.60. The topological polar surface area (TPSA) is 84.9 Å². The van der Waals surface area contributed by atoms with E-state index in [2.05, 4.69) is 4.84 Å². The molecule has 0 spiro atoms. The van der Waals surface area contributed by atoms with Gasteiger partial charge in [-0.15, -0.1) is 0 Å². The molecule has 0 saturated carbocycles. The zero-order chi connectivity index (χ0) is 11.8. The van der Waals surface area contributed by atoms with E-state index in [4.69, 9.17) is 9.84 Å². The summed E-state index contributed by atoms with van der Waals surface area (Å²) in [6, 6.07) is 0. The summed E-state index contributed by atoms with van der Waals surface area (Å²) in [6.45, 7) is 5.60. The van der Waals surface area contributed by atoms with E-state index in [-0.39, 0.29) is 6.61 Å². The van der Waals surface area contributed by atoms with Crippen LogP contribution >= 0.6 is 0 Å². The van der Waals surface area contributed by atoms with Crippen molar-refractivity contribution < 1.29 is 24.3 Å². The van der Waals surface area contributed by atoms with E-state index in [1.54, 1.807) is 0 Å². The number of carboxylic acid groups (broad SMARTS) is 1. The number of hydrogen-bond acceptors (Lipinski definition) is 4. The van der Waals surface area contributed by atoms with Crippen LogP contribution in [0.4, 0.5) is 4.79 Å². The van der Waals surface area contributed by atoms with Crippen molar-refractivity contribution in [3.05, 3.63) is 0 Å². The van der Waals surface area contributed by atoms with Crippen LogP contribution in [0.1, 0.15) is 27.2 Å². The zero-order valence-electron chi connectivity index (χ0n) is 9.15. The quantitative estimate of drug-likeness (QED) is 0.655. The van der Waals surface area contributed by atoms with Crippen molar-refractivity contribution in [3.8, 4) is 0 Å². The van der Waals surface area contributed by atoms with Gasteiger partial charge < -0.3 is 9.84 Å². The number of hydroxylamine groups is 1. The number of ether oxygens (including phenoxy) is 1. The van der Waals surface area contributed by atoms with Gasteiger partial charge in [-0.25, -0.2) is 9.59 Å². The molecule has 6 nitrogen and oxygen atoms in total. The van der Waals surface area contributed by atoms with Crippen molar-refractivity contribution in [1.82, 2.24) is 5.48 Å². The minimum absolute atomic E-state index is 0.286. The van der Waals surface area contributed by atoms with Crippen LogP contribution in [0.5, 0.6) is 0 Å². The minimum Gasteiger partial charge on any atom is -0.479 e. The Balaban J connectivity index is 3.53. The zero-order valence-corrected chi connectivity index (χ0v) is 9.15. The molecule has 0 aliphatic rings. The SMILES string of the molecule is CC(C)CCOC(=O)NO[C@H](C)C(=O)O. The summed E-state index contributed by atoms with van der Waals surface area (Å²) in [5.41, 5.74) is 1.90. The normalized spacial score (nSPS) is 12.3. The van der Waals surface area contributed by atoms with Gasteiger partial charge in [0.25, 0.3) is 0 Å². The molecule has 0 unspecified atom stereocenters. The highest BCUT2D eigenvalue weighted by Crippen LogP contribution is 1.98. The van der Waals surface area contributed by atoms with Crippen molar-refractivity contribution in [2.75, 3.05) is 6.61 Å². The first-order valence-corrected chi connectivity index (χ1v) is 4.74. The van der Waals surface area contributed by atoms with E-state index < -0.39 is 18.2 Å². The van der Waals surface area contributed by atoms with Crippen LogP contribution in [0, 0.1) is 5.92 Å². The molecule has 0 saturated heterocycles. The van der Waals surface area contributed by atoms with E-state index in [0.717, 1.165) is 6.42 Å². The maximum absolute atomic E-state index is 10.9. The smallest absolute Gasteiger partial charge is 0.431 e. The lowest BCUT2D eigenvalue weighted by atomic mass is 10.1. The molecule has 0 aliphatic heterocycles. The summed E-state index contributed by atoms with van der Waals surface area (Å²) < 4.78 is 4.72. The van der Waals surface area contributed by atoms with Crippen molar-refractivity contribution in [1.29, 1.82) is 0 Å². The Kier molecular flexibility index (Phi) is 6.44. The fourth-order valence-electron chi connectivity index (χ4n) is 0.604. The lowest BCUT2D eigenvalue weighted by molar-refractivity contribution is -0.152. The summed E-state index contributed by atoms with van der Waals surface area (Å²) in [5.74, 6) is -0.714. The van der Waals surface area contributed by atoms with Gasteiger partial charge in [0.05, 0.1) is 6.61 Å². The van der Waals surface area contributed by atoms with Crippen LogP contribution in [0.2, 0.25) is 0 Å². The van der Waals surface area contributed by atoms with Crippen LogP contribution in [0.3, 0.4) is 0 Å². The molecule has 0 bridgehead atoms. The second-order valence-electron chi connectivity index (χ2n) is 3.52. The van der Waals surface area contributed by atoms with Gasteiger partial charge in [-0.2, -0.15) is 5.48 Å². The minimum atomic E-state index is -1.16. The average molecular weight is 219 g/mol. The lowest BCUT2D eigenvalue weighted by Gasteiger charge is -2.10. The number of carbonyl (C=O) groups excluding carboxylic acids is 1. The van der Waals surface area contributed by atoms with Gasteiger partial charge in [0.1, 0.15) is 0 Å². The number of amides is 1. The third-order valence-corrected chi connectivity index (χ3v) is 1.60. The number of aliphatic carboxylic acids is 1. The van der Waals surface area contributed by atoms with Gasteiger partial charge >= 0.3 is 12.1 Å². The van der Waals surface area contributed by atoms with Crippen molar-refractivity contribution in [3.63, 3.8) is 0 Å². The van der Waals surface area contributed by atoms with Gasteiger partial charge in [-0.1, -0.05) is 13.8 Å². The maximum Gasteiger partial charge on any atom is 0.431 e. The molecule has 88 valence electrons. The first kappa shape index (κ1) is 13.7. The first-order valence-electron chi connectivity index (χ1n) is 4.74. The monoisotopic (exact) mass is 219 g/mol. The number of carboxylic acids is 1. The Morgan fingerprint density at radius 2 is 1.93 bits per heavy atom. The van der Waals surface area contributed by atoms with Crippen LogP contribution in [0.25, 0.3) is 0 Å². The molecule has 0 aromatic rings. The van der Waals surface area contributed by atoms with Gasteiger partial charge in [0.15, 0.2) is 6.10 Å². The van der Waals surface area contributed by atoms with Crippen molar-refractivity contribution in [2.24, 2.45) is 5.92 Å². The fourth-order valence-corrected chi connectivity index (χ4v) is 0.604. The molecule has 1 amide bonds. The van der Waals surface area contributed by atoms with Crippen LogP contribution < -0.4 is 5.48 Å². The van der Waals surface area contributed by atoms with Crippen LogP contribution in [0.15, 0.2) is 0 Å². The van der Waals surface area contributed by atoms with Crippen molar-refractivity contribution >= 4 is 12.1 Å². The molecule has 0 aromatic heterocycles. The third kappa shape index (κ3) is 7.75. The molecular formula is C9H17NO5. The number of hydrogen-bond donors (Lipinski definition) is 2. The highest BCUT2D eigenvalue weighted by molar-refractivity contribution is 5.72. The maximum atomic E-state index is 10.9. The van der Waals surface area contributed by atoms with Gasteiger partial charge in [0, 0.05) is 0 Å². The molecule has 0 aromatic carbocycles. The fraction of sp³-hybridized carbons (Fsp3) is 0.778. The predicted octanol–water partition coefficient (Wildman–Crippen LogP) is 1.16. The Hall–Kier alpha value is -1.30. The molecular weight excluding hydrogens is 202 g/mol. The molecule has 1 atom stereocenters. The Morgan fingerprint density at radius 3 is 2.40 bits per heavy atom. The van der Waals surface area contributed by atoms with E-state index in [0.29, 0.717) is 5.92 Å². The summed E-state index contributed by atoms with van der Waals surface area (Å²) >= 11 is 0. The van der Waals surface area contributed by atoms with E-state index in [1.165, 1.54) is 6.92 Å². The Labute approximate surface area is 88.5 Å². The second kappa shape index (κ2) is 7.05. The first-order chi connectivity index (χ1) is 6.93.